The normalized spacial score (nSPS) is 9.70. The molecule has 0 aliphatic rings. The highest BCUT2D eigenvalue weighted by molar-refractivity contribution is 6.13. The largest absolute Gasteiger partial charge is 0.398 e. The molecule has 0 radical (unpaired) electrons. The Morgan fingerprint density at radius 1 is 1.40 bits per heavy atom. The topological polar surface area (TPSA) is 38.0 Å². The van der Waals surface area contributed by atoms with Crippen LogP contribution in [-0.2, 0) is 6.54 Å². The summed E-state index contributed by atoms with van der Waals surface area (Å²) < 4.78 is 0. The van der Waals surface area contributed by atoms with Gasteiger partial charge in [-0.15, -0.1) is 0 Å². The first-order chi connectivity index (χ1) is 4.84. The maximum atomic E-state index is 5.61. The molecule has 0 aliphatic carbocycles. The number of halogens is 1. The molecule has 3 N–H and O–H groups in total. The Hall–Kier alpha value is -0.730. The summed E-state index contributed by atoms with van der Waals surface area (Å²) in [6.07, 6.45) is 0. The molecule has 54 valence electrons. The van der Waals surface area contributed by atoms with Gasteiger partial charge in [0.1, 0.15) is 0 Å². The van der Waals surface area contributed by atoms with Gasteiger partial charge in [-0.25, -0.2) is 4.84 Å². The summed E-state index contributed by atoms with van der Waals surface area (Å²) in [6, 6.07) is 7.61. The minimum absolute atomic E-state index is 0.605. The molecule has 1 aromatic carbocycles. The minimum Gasteiger partial charge on any atom is -0.398 e. The minimum atomic E-state index is 0.605. The van der Waals surface area contributed by atoms with Crippen molar-refractivity contribution in [2.75, 3.05) is 5.73 Å². The smallest absolute Gasteiger partial charge is 0.0379 e. The fourth-order valence-electron chi connectivity index (χ4n) is 0.767. The van der Waals surface area contributed by atoms with Crippen LogP contribution in [0.3, 0.4) is 0 Å². The van der Waals surface area contributed by atoms with E-state index in [2.05, 4.69) is 4.84 Å². The molecule has 0 spiro atoms. The van der Waals surface area contributed by atoms with Crippen molar-refractivity contribution in [1.29, 1.82) is 0 Å². The molecule has 0 atom stereocenters. The quantitative estimate of drug-likeness (QED) is 0.503. The lowest BCUT2D eigenvalue weighted by Gasteiger charge is -2.01. The average molecular weight is 157 g/mol. The first kappa shape index (κ1) is 7.38. The van der Waals surface area contributed by atoms with E-state index in [1.54, 1.807) is 0 Å². The van der Waals surface area contributed by atoms with E-state index in [-0.39, 0.29) is 0 Å². The van der Waals surface area contributed by atoms with Gasteiger partial charge in [0.2, 0.25) is 0 Å². The van der Waals surface area contributed by atoms with Gasteiger partial charge in [-0.1, -0.05) is 18.2 Å². The van der Waals surface area contributed by atoms with E-state index in [9.17, 15) is 0 Å². The highest BCUT2D eigenvalue weighted by Crippen LogP contribution is 2.09. The predicted molar refractivity (Wildman–Crippen MR) is 43.5 cm³/mol. The van der Waals surface area contributed by atoms with Crippen LogP contribution in [0.4, 0.5) is 5.69 Å². The Kier molecular flexibility index (Phi) is 2.54. The molecule has 0 unspecified atom stereocenters. The van der Waals surface area contributed by atoms with Gasteiger partial charge in [-0.2, -0.15) is 0 Å². The van der Waals surface area contributed by atoms with E-state index in [1.807, 2.05) is 24.3 Å². The zero-order valence-corrected chi connectivity index (χ0v) is 6.23. The average Bonchev–Trinajstić information content (AvgIpc) is 1.94. The fraction of sp³-hybridized carbons (Fsp3) is 0.143. The van der Waals surface area contributed by atoms with E-state index < -0.39 is 0 Å². The summed E-state index contributed by atoms with van der Waals surface area (Å²) in [5, 5.41) is 0. The van der Waals surface area contributed by atoms with Crippen LogP contribution in [0.25, 0.3) is 0 Å². The molecule has 2 nitrogen and oxygen atoms in total. The van der Waals surface area contributed by atoms with Crippen LogP contribution in [0.2, 0.25) is 0 Å². The number of nitrogen functional groups attached to an aromatic ring is 1. The van der Waals surface area contributed by atoms with Gasteiger partial charge < -0.3 is 5.73 Å². The number of nitrogens with two attached hydrogens (primary N) is 1. The van der Waals surface area contributed by atoms with Crippen LogP contribution in [-0.4, -0.2) is 0 Å². The number of hydrogen-bond donors (Lipinski definition) is 2. The van der Waals surface area contributed by atoms with Crippen LogP contribution in [0.5, 0.6) is 0 Å². The third-order valence-corrected chi connectivity index (χ3v) is 1.45. The number of benzene rings is 1. The number of hydrogen-bond acceptors (Lipinski definition) is 2. The highest BCUT2D eigenvalue weighted by Gasteiger charge is 1.93. The maximum Gasteiger partial charge on any atom is 0.0379 e. The number of rotatable bonds is 2. The monoisotopic (exact) mass is 156 g/mol. The highest BCUT2D eigenvalue weighted by atomic mass is 35.5. The van der Waals surface area contributed by atoms with E-state index in [4.69, 9.17) is 17.5 Å². The molecule has 0 fully saturated rings. The summed E-state index contributed by atoms with van der Waals surface area (Å²) >= 11 is 5.30. The maximum absolute atomic E-state index is 5.61. The van der Waals surface area contributed by atoms with Crippen molar-refractivity contribution in [3.8, 4) is 0 Å². The first-order valence-corrected chi connectivity index (χ1v) is 3.39. The molecule has 0 saturated heterocycles. The van der Waals surface area contributed by atoms with Gasteiger partial charge in [0.15, 0.2) is 0 Å². The van der Waals surface area contributed by atoms with Crippen molar-refractivity contribution < 1.29 is 0 Å². The standard InChI is InChI=1S/C7H9ClN2/c8-10-5-6-3-1-2-4-7(6)9/h1-4,10H,5,9H2. The molecule has 0 aromatic heterocycles. The van der Waals surface area contributed by atoms with Crippen LogP contribution in [0, 0.1) is 0 Å². The molecular weight excluding hydrogens is 148 g/mol. The van der Waals surface area contributed by atoms with E-state index in [0.717, 1.165) is 11.3 Å². The van der Waals surface area contributed by atoms with Crippen molar-refractivity contribution in [1.82, 2.24) is 4.84 Å². The fourth-order valence-corrected chi connectivity index (χ4v) is 0.911. The summed E-state index contributed by atoms with van der Waals surface area (Å²) in [5.41, 5.74) is 7.41. The summed E-state index contributed by atoms with van der Waals surface area (Å²) in [7, 11) is 0. The van der Waals surface area contributed by atoms with Gasteiger partial charge in [-0.05, 0) is 23.4 Å². The third-order valence-electron chi connectivity index (χ3n) is 1.31. The van der Waals surface area contributed by atoms with Gasteiger partial charge in [0.05, 0.1) is 0 Å². The molecule has 0 bridgehead atoms. The van der Waals surface area contributed by atoms with Crippen molar-refractivity contribution in [2.45, 2.75) is 6.54 Å². The SMILES string of the molecule is Nc1ccccc1CNCl. The summed E-state index contributed by atoms with van der Waals surface area (Å²) in [4.78, 5) is 2.52. The van der Waals surface area contributed by atoms with Gasteiger partial charge >= 0.3 is 0 Å². The molecule has 3 heteroatoms. The summed E-state index contributed by atoms with van der Waals surface area (Å²) in [5.74, 6) is 0. The Balaban J connectivity index is 2.81. The number of anilines is 1. The Bertz CT molecular complexity index is 213. The molecule has 0 aliphatic heterocycles. The van der Waals surface area contributed by atoms with E-state index in [0.29, 0.717) is 6.54 Å². The lowest BCUT2D eigenvalue weighted by molar-refractivity contribution is 0.967. The second-order valence-corrected chi connectivity index (χ2v) is 2.28. The zero-order chi connectivity index (χ0) is 7.40. The Morgan fingerprint density at radius 2 is 2.10 bits per heavy atom. The molecular formula is C7H9ClN2. The van der Waals surface area contributed by atoms with Gasteiger partial charge in [-0.3, -0.25) is 0 Å². The third kappa shape index (κ3) is 1.62. The Morgan fingerprint density at radius 3 is 2.70 bits per heavy atom. The molecule has 10 heavy (non-hydrogen) atoms. The lowest BCUT2D eigenvalue weighted by atomic mass is 10.2. The van der Waals surface area contributed by atoms with E-state index >= 15 is 0 Å². The van der Waals surface area contributed by atoms with Crippen LogP contribution in [0.15, 0.2) is 24.3 Å². The van der Waals surface area contributed by atoms with Crippen LogP contribution in [0.1, 0.15) is 5.56 Å². The number of para-hydroxylation sites is 1. The second-order valence-electron chi connectivity index (χ2n) is 2.01. The molecule has 0 heterocycles. The van der Waals surface area contributed by atoms with E-state index in [1.165, 1.54) is 0 Å². The predicted octanol–water partition coefficient (Wildman–Crippen LogP) is 1.51. The zero-order valence-electron chi connectivity index (χ0n) is 5.47. The molecule has 0 amide bonds. The molecule has 1 aromatic rings. The van der Waals surface area contributed by atoms with Crippen LogP contribution >= 0.6 is 11.8 Å². The molecule has 1 rings (SSSR count). The van der Waals surface area contributed by atoms with Gasteiger partial charge in [0.25, 0.3) is 0 Å². The lowest BCUT2D eigenvalue weighted by Crippen LogP contribution is -2.01. The van der Waals surface area contributed by atoms with Crippen molar-refractivity contribution in [3.63, 3.8) is 0 Å². The first-order valence-electron chi connectivity index (χ1n) is 3.01. The second kappa shape index (κ2) is 3.44. The van der Waals surface area contributed by atoms with Crippen molar-refractivity contribution in [2.24, 2.45) is 0 Å². The van der Waals surface area contributed by atoms with Crippen molar-refractivity contribution >= 4 is 17.5 Å². The van der Waals surface area contributed by atoms with Crippen molar-refractivity contribution in [3.05, 3.63) is 29.8 Å². The number of nitrogens with one attached hydrogen (secondary N) is 1. The summed E-state index contributed by atoms with van der Waals surface area (Å²) in [6.45, 7) is 0.605. The Labute approximate surface area is 65.1 Å². The van der Waals surface area contributed by atoms with Crippen LogP contribution < -0.4 is 10.6 Å². The van der Waals surface area contributed by atoms with Gasteiger partial charge in [0, 0.05) is 12.2 Å². The molecule has 0 saturated carbocycles.